The first-order chi connectivity index (χ1) is 13.2. The van der Waals surface area contributed by atoms with Crippen LogP contribution in [0.4, 0.5) is 4.39 Å². The topological polar surface area (TPSA) is 35.0 Å². The van der Waals surface area contributed by atoms with E-state index in [1.54, 1.807) is 6.92 Å². The number of alkyl halides is 1. The molecule has 1 aromatic carbocycles. The molecule has 1 aromatic heterocycles. The second-order valence-corrected chi connectivity index (χ2v) is 7.23. The Morgan fingerprint density at radius 1 is 0.926 bits per heavy atom. The molecule has 0 spiro atoms. The van der Waals surface area contributed by atoms with Crippen molar-refractivity contribution in [2.24, 2.45) is 0 Å². The van der Waals surface area contributed by atoms with Crippen molar-refractivity contribution in [1.29, 1.82) is 0 Å². The van der Waals surface area contributed by atoms with Gasteiger partial charge in [0.15, 0.2) is 5.82 Å². The molecule has 0 N–H and O–H groups in total. The largest absolute Gasteiger partial charge is 0.493 e. The molecule has 0 saturated carbocycles. The van der Waals surface area contributed by atoms with E-state index in [-0.39, 0.29) is 0 Å². The molecule has 3 nitrogen and oxygen atoms in total. The lowest BCUT2D eigenvalue weighted by Gasteiger charge is -2.07. The van der Waals surface area contributed by atoms with E-state index in [4.69, 9.17) is 4.74 Å². The number of ether oxygens (including phenoxy) is 1. The number of benzene rings is 1. The second kappa shape index (κ2) is 12.4. The van der Waals surface area contributed by atoms with Crippen molar-refractivity contribution in [2.75, 3.05) is 6.61 Å². The standard InChI is InChI=1S/C23H33FN2O/c1-3-4-5-6-7-8-9-10-20-17-25-23(26-18-20)21-11-13-22(14-12-21)27-16-15-19(2)24/h11-14,17-19H,3-10,15-16H2,1-2H3. The summed E-state index contributed by atoms with van der Waals surface area (Å²) in [4.78, 5) is 9.00. The fraction of sp³-hybridized carbons (Fsp3) is 0.565. The average molecular weight is 373 g/mol. The predicted octanol–water partition coefficient (Wildman–Crippen LogP) is 6.56. The van der Waals surface area contributed by atoms with Crippen LogP contribution in [0.2, 0.25) is 0 Å². The molecule has 0 fully saturated rings. The van der Waals surface area contributed by atoms with Gasteiger partial charge in [0, 0.05) is 24.4 Å². The van der Waals surface area contributed by atoms with Gasteiger partial charge in [-0.05, 0) is 49.6 Å². The fourth-order valence-corrected chi connectivity index (χ4v) is 2.96. The van der Waals surface area contributed by atoms with E-state index in [1.807, 2.05) is 36.7 Å². The first kappa shape index (κ1) is 21.3. The Labute approximate surface area is 163 Å². The number of hydrogen-bond acceptors (Lipinski definition) is 3. The Kier molecular flexibility index (Phi) is 9.81. The van der Waals surface area contributed by atoms with Crippen LogP contribution in [0.15, 0.2) is 36.7 Å². The Bertz CT molecular complexity index is 626. The molecule has 2 rings (SSSR count). The van der Waals surface area contributed by atoms with Gasteiger partial charge in [-0.1, -0.05) is 45.4 Å². The summed E-state index contributed by atoms with van der Waals surface area (Å²) in [5.74, 6) is 1.47. The Hall–Kier alpha value is -1.97. The first-order valence-electron chi connectivity index (χ1n) is 10.4. The summed E-state index contributed by atoms with van der Waals surface area (Å²) in [6, 6.07) is 7.65. The van der Waals surface area contributed by atoms with Crippen molar-refractivity contribution >= 4 is 0 Å². The van der Waals surface area contributed by atoms with Crippen molar-refractivity contribution in [2.45, 2.75) is 77.8 Å². The summed E-state index contributed by atoms with van der Waals surface area (Å²) in [5, 5.41) is 0. The minimum Gasteiger partial charge on any atom is -0.493 e. The van der Waals surface area contributed by atoms with Gasteiger partial charge in [-0.15, -0.1) is 0 Å². The molecule has 1 unspecified atom stereocenters. The number of nitrogens with zero attached hydrogens (tertiary/aromatic N) is 2. The van der Waals surface area contributed by atoms with Crippen molar-refractivity contribution in [3.05, 3.63) is 42.2 Å². The zero-order chi connectivity index (χ0) is 19.3. The van der Waals surface area contributed by atoms with Crippen LogP contribution >= 0.6 is 0 Å². The van der Waals surface area contributed by atoms with E-state index in [0.29, 0.717) is 13.0 Å². The van der Waals surface area contributed by atoms with Crippen LogP contribution in [0.3, 0.4) is 0 Å². The van der Waals surface area contributed by atoms with Crippen molar-refractivity contribution in [3.8, 4) is 17.1 Å². The highest BCUT2D eigenvalue weighted by Gasteiger charge is 2.04. The molecule has 0 saturated heterocycles. The number of aromatic nitrogens is 2. The highest BCUT2D eigenvalue weighted by atomic mass is 19.1. The molecule has 148 valence electrons. The van der Waals surface area contributed by atoms with Gasteiger partial charge in [-0.25, -0.2) is 14.4 Å². The molecule has 1 heterocycles. The molecule has 0 bridgehead atoms. The molecular weight excluding hydrogens is 339 g/mol. The Balaban J connectivity index is 1.74. The van der Waals surface area contributed by atoms with Gasteiger partial charge in [0.1, 0.15) is 11.9 Å². The van der Waals surface area contributed by atoms with Crippen LogP contribution in [-0.4, -0.2) is 22.7 Å². The molecule has 2 aromatic rings. The molecule has 0 amide bonds. The molecule has 0 aliphatic rings. The summed E-state index contributed by atoms with van der Waals surface area (Å²) in [5.41, 5.74) is 2.16. The Morgan fingerprint density at radius 2 is 1.56 bits per heavy atom. The highest BCUT2D eigenvalue weighted by Crippen LogP contribution is 2.20. The number of rotatable bonds is 13. The van der Waals surface area contributed by atoms with Gasteiger partial charge in [-0.2, -0.15) is 0 Å². The number of hydrogen-bond donors (Lipinski definition) is 0. The molecular formula is C23H33FN2O. The first-order valence-corrected chi connectivity index (χ1v) is 10.4. The van der Waals surface area contributed by atoms with Crippen molar-refractivity contribution < 1.29 is 9.13 Å². The molecule has 1 atom stereocenters. The lowest BCUT2D eigenvalue weighted by atomic mass is 10.1. The lowest BCUT2D eigenvalue weighted by molar-refractivity contribution is 0.247. The second-order valence-electron chi connectivity index (χ2n) is 7.23. The van der Waals surface area contributed by atoms with E-state index in [0.717, 1.165) is 23.6 Å². The monoisotopic (exact) mass is 372 g/mol. The maximum absolute atomic E-state index is 12.8. The predicted molar refractivity (Wildman–Crippen MR) is 110 cm³/mol. The molecule has 4 heteroatoms. The molecule has 27 heavy (non-hydrogen) atoms. The zero-order valence-electron chi connectivity index (χ0n) is 16.8. The lowest BCUT2D eigenvalue weighted by Crippen LogP contribution is -2.03. The third-order valence-corrected chi connectivity index (χ3v) is 4.67. The highest BCUT2D eigenvalue weighted by molar-refractivity contribution is 5.55. The van der Waals surface area contributed by atoms with E-state index in [1.165, 1.54) is 50.5 Å². The van der Waals surface area contributed by atoms with E-state index >= 15 is 0 Å². The van der Waals surface area contributed by atoms with Crippen LogP contribution < -0.4 is 4.74 Å². The minimum absolute atomic E-state index is 0.390. The molecule has 0 aliphatic carbocycles. The maximum Gasteiger partial charge on any atom is 0.159 e. The third kappa shape index (κ3) is 8.51. The fourth-order valence-electron chi connectivity index (χ4n) is 2.96. The van der Waals surface area contributed by atoms with Crippen molar-refractivity contribution in [1.82, 2.24) is 9.97 Å². The van der Waals surface area contributed by atoms with Gasteiger partial charge < -0.3 is 4.74 Å². The van der Waals surface area contributed by atoms with E-state index in [2.05, 4.69) is 16.9 Å². The van der Waals surface area contributed by atoms with Crippen LogP contribution in [-0.2, 0) is 6.42 Å². The van der Waals surface area contributed by atoms with Crippen LogP contribution in [0.1, 0.15) is 70.8 Å². The summed E-state index contributed by atoms with van der Waals surface area (Å²) in [6.45, 7) is 4.18. The minimum atomic E-state index is -0.836. The van der Waals surface area contributed by atoms with E-state index < -0.39 is 6.17 Å². The Morgan fingerprint density at radius 3 is 2.19 bits per heavy atom. The quantitative estimate of drug-likeness (QED) is 0.373. The molecule has 0 radical (unpaired) electrons. The number of unbranched alkanes of at least 4 members (excludes halogenated alkanes) is 6. The average Bonchev–Trinajstić information content (AvgIpc) is 2.68. The summed E-state index contributed by atoms with van der Waals surface area (Å²) < 4.78 is 18.3. The maximum atomic E-state index is 12.8. The van der Waals surface area contributed by atoms with Gasteiger partial charge in [-0.3, -0.25) is 0 Å². The normalized spacial score (nSPS) is 12.1. The van der Waals surface area contributed by atoms with Gasteiger partial charge in [0.25, 0.3) is 0 Å². The number of halogens is 1. The smallest absolute Gasteiger partial charge is 0.159 e. The molecule has 0 aliphatic heterocycles. The summed E-state index contributed by atoms with van der Waals surface area (Å²) in [6.07, 6.45) is 13.7. The SMILES string of the molecule is CCCCCCCCCc1cnc(-c2ccc(OCCC(C)F)cc2)nc1. The van der Waals surface area contributed by atoms with Gasteiger partial charge in [0.05, 0.1) is 6.61 Å². The van der Waals surface area contributed by atoms with Gasteiger partial charge >= 0.3 is 0 Å². The zero-order valence-corrected chi connectivity index (χ0v) is 16.8. The van der Waals surface area contributed by atoms with Crippen LogP contribution in [0, 0.1) is 0 Å². The van der Waals surface area contributed by atoms with Crippen LogP contribution in [0.5, 0.6) is 5.75 Å². The summed E-state index contributed by atoms with van der Waals surface area (Å²) >= 11 is 0. The van der Waals surface area contributed by atoms with E-state index in [9.17, 15) is 4.39 Å². The summed E-state index contributed by atoms with van der Waals surface area (Å²) in [7, 11) is 0. The van der Waals surface area contributed by atoms with Crippen LogP contribution in [0.25, 0.3) is 11.4 Å². The van der Waals surface area contributed by atoms with Crippen molar-refractivity contribution in [3.63, 3.8) is 0 Å². The number of aryl methyl sites for hydroxylation is 1. The van der Waals surface area contributed by atoms with Gasteiger partial charge in [0.2, 0.25) is 0 Å². The third-order valence-electron chi connectivity index (χ3n) is 4.67.